The zero-order valence-corrected chi connectivity index (χ0v) is 17.1. The summed E-state index contributed by atoms with van der Waals surface area (Å²) in [6.07, 6.45) is -4.81. The van der Waals surface area contributed by atoms with Crippen molar-refractivity contribution >= 4 is 22.6 Å². The molecule has 158 valence electrons. The monoisotopic (exact) mass is 417 g/mol. The molecule has 3 aromatic rings. The van der Waals surface area contributed by atoms with E-state index in [-0.39, 0.29) is 17.5 Å². The number of aromatic nitrogens is 2. The normalized spacial score (nSPS) is 12.8. The van der Waals surface area contributed by atoms with Crippen LogP contribution in [0.1, 0.15) is 41.8 Å². The van der Waals surface area contributed by atoms with E-state index in [4.69, 9.17) is 0 Å². The standard InChI is InChI=1S/C22H22F3N3O2/c1-5-17(20(29)27-15-9-7-6-8-12(15)2)28-18-11-14(4)13(3)10-16(18)26-19(21(28)30)22(23,24)25/h6-11,17H,5H2,1-4H3,(H,27,29). The summed E-state index contributed by atoms with van der Waals surface area (Å²) in [6.45, 7) is 6.99. The Morgan fingerprint density at radius 3 is 2.33 bits per heavy atom. The molecule has 0 bridgehead atoms. The number of carbonyl (C=O) groups excluding carboxylic acids is 1. The maximum absolute atomic E-state index is 13.5. The summed E-state index contributed by atoms with van der Waals surface area (Å²) in [5.74, 6) is -0.562. The highest BCUT2D eigenvalue weighted by atomic mass is 19.4. The molecule has 1 unspecified atom stereocenters. The third-order valence-corrected chi connectivity index (χ3v) is 5.18. The van der Waals surface area contributed by atoms with E-state index in [0.717, 1.165) is 21.3 Å². The van der Waals surface area contributed by atoms with Crippen LogP contribution in [0.2, 0.25) is 0 Å². The smallest absolute Gasteiger partial charge is 0.324 e. The number of nitrogens with one attached hydrogen (secondary N) is 1. The molecule has 30 heavy (non-hydrogen) atoms. The summed E-state index contributed by atoms with van der Waals surface area (Å²) < 4.78 is 41.5. The van der Waals surface area contributed by atoms with E-state index in [1.54, 1.807) is 52.0 Å². The van der Waals surface area contributed by atoms with Crippen LogP contribution in [-0.2, 0) is 11.0 Å². The van der Waals surface area contributed by atoms with Crippen LogP contribution in [0.25, 0.3) is 11.0 Å². The van der Waals surface area contributed by atoms with E-state index >= 15 is 0 Å². The summed E-state index contributed by atoms with van der Waals surface area (Å²) in [6, 6.07) is 9.02. The van der Waals surface area contributed by atoms with Gasteiger partial charge >= 0.3 is 6.18 Å². The van der Waals surface area contributed by atoms with Crippen LogP contribution in [0.4, 0.5) is 18.9 Å². The Kier molecular flexibility index (Phi) is 5.70. The lowest BCUT2D eigenvalue weighted by atomic mass is 10.1. The highest BCUT2D eigenvalue weighted by molar-refractivity contribution is 5.95. The summed E-state index contributed by atoms with van der Waals surface area (Å²) >= 11 is 0. The van der Waals surface area contributed by atoms with Crippen LogP contribution in [0.5, 0.6) is 0 Å². The fourth-order valence-corrected chi connectivity index (χ4v) is 3.37. The van der Waals surface area contributed by atoms with Crippen molar-refractivity contribution in [2.24, 2.45) is 0 Å². The van der Waals surface area contributed by atoms with Crippen molar-refractivity contribution < 1.29 is 18.0 Å². The second kappa shape index (κ2) is 7.93. The predicted molar refractivity (Wildman–Crippen MR) is 110 cm³/mol. The minimum atomic E-state index is -4.93. The topological polar surface area (TPSA) is 64.0 Å². The molecular weight excluding hydrogens is 395 g/mol. The summed E-state index contributed by atoms with van der Waals surface area (Å²) in [7, 11) is 0. The summed E-state index contributed by atoms with van der Waals surface area (Å²) in [5, 5.41) is 2.74. The molecule has 0 saturated heterocycles. The van der Waals surface area contributed by atoms with Gasteiger partial charge in [0.2, 0.25) is 11.6 Å². The molecule has 3 rings (SSSR count). The number of nitrogens with zero attached hydrogens (tertiary/aromatic N) is 2. The van der Waals surface area contributed by atoms with Crippen molar-refractivity contribution in [2.75, 3.05) is 5.32 Å². The first-order valence-electron chi connectivity index (χ1n) is 9.51. The molecule has 0 aliphatic carbocycles. The Balaban J connectivity index is 2.24. The number of fused-ring (bicyclic) bond motifs is 1. The molecule has 1 aromatic heterocycles. The van der Waals surface area contributed by atoms with E-state index in [1.807, 2.05) is 6.07 Å². The number of rotatable bonds is 4. The van der Waals surface area contributed by atoms with Crippen molar-refractivity contribution in [3.63, 3.8) is 0 Å². The zero-order valence-electron chi connectivity index (χ0n) is 17.1. The van der Waals surface area contributed by atoms with E-state index in [9.17, 15) is 22.8 Å². The lowest BCUT2D eigenvalue weighted by Crippen LogP contribution is -2.37. The Bertz CT molecular complexity index is 1180. The number of anilines is 1. The predicted octanol–water partition coefficient (Wildman–Crippen LogP) is 4.93. The van der Waals surface area contributed by atoms with Gasteiger partial charge in [-0.3, -0.25) is 14.2 Å². The first-order valence-corrected chi connectivity index (χ1v) is 9.51. The van der Waals surface area contributed by atoms with Gasteiger partial charge in [0.25, 0.3) is 5.56 Å². The van der Waals surface area contributed by atoms with Crippen molar-refractivity contribution in [1.82, 2.24) is 9.55 Å². The lowest BCUT2D eigenvalue weighted by molar-refractivity contribution is -0.142. The molecular formula is C22H22F3N3O2. The van der Waals surface area contributed by atoms with Gasteiger partial charge in [0.05, 0.1) is 11.0 Å². The van der Waals surface area contributed by atoms with Crippen LogP contribution in [0.3, 0.4) is 0 Å². The van der Waals surface area contributed by atoms with Gasteiger partial charge in [-0.25, -0.2) is 4.98 Å². The van der Waals surface area contributed by atoms with Crippen molar-refractivity contribution in [3.8, 4) is 0 Å². The van der Waals surface area contributed by atoms with Gasteiger partial charge < -0.3 is 5.32 Å². The number of alkyl halides is 3. The van der Waals surface area contributed by atoms with Crippen molar-refractivity contribution in [2.45, 2.75) is 46.3 Å². The van der Waals surface area contributed by atoms with E-state index < -0.39 is 29.4 Å². The fourth-order valence-electron chi connectivity index (χ4n) is 3.37. The molecule has 0 spiro atoms. The third kappa shape index (κ3) is 3.94. The fraction of sp³-hybridized carbons (Fsp3) is 0.318. The first-order chi connectivity index (χ1) is 14.0. The number of hydrogen-bond acceptors (Lipinski definition) is 3. The highest BCUT2D eigenvalue weighted by Crippen LogP contribution is 2.29. The Labute approximate surface area is 171 Å². The van der Waals surface area contributed by atoms with Crippen LogP contribution in [-0.4, -0.2) is 15.5 Å². The SMILES string of the molecule is CCC(C(=O)Nc1ccccc1C)n1c(=O)c(C(F)(F)F)nc2cc(C)c(C)cc21. The molecule has 0 fully saturated rings. The van der Waals surface area contributed by atoms with Crippen molar-refractivity contribution in [1.29, 1.82) is 0 Å². The van der Waals surface area contributed by atoms with Gasteiger partial charge in [-0.05, 0) is 62.1 Å². The number of carbonyl (C=O) groups is 1. The number of halogens is 3. The number of amides is 1. The summed E-state index contributed by atoms with van der Waals surface area (Å²) in [4.78, 5) is 29.5. The molecule has 0 saturated carbocycles. The van der Waals surface area contributed by atoms with Crippen molar-refractivity contribution in [3.05, 3.63) is 69.1 Å². The van der Waals surface area contributed by atoms with E-state index in [0.29, 0.717) is 5.69 Å². The minimum Gasteiger partial charge on any atom is -0.324 e. The van der Waals surface area contributed by atoms with E-state index in [2.05, 4.69) is 10.3 Å². The zero-order chi connectivity index (χ0) is 22.2. The Hall–Kier alpha value is -3.16. The number of para-hydroxylation sites is 1. The third-order valence-electron chi connectivity index (χ3n) is 5.18. The van der Waals surface area contributed by atoms with Crippen LogP contribution >= 0.6 is 0 Å². The molecule has 1 amide bonds. The molecule has 5 nitrogen and oxygen atoms in total. The second-order valence-electron chi connectivity index (χ2n) is 7.29. The van der Waals surface area contributed by atoms with Gasteiger partial charge in [0.1, 0.15) is 6.04 Å². The number of aryl methyl sites for hydroxylation is 3. The quantitative estimate of drug-likeness (QED) is 0.655. The van der Waals surface area contributed by atoms with Gasteiger partial charge in [-0.15, -0.1) is 0 Å². The average molecular weight is 417 g/mol. The largest absolute Gasteiger partial charge is 0.438 e. The molecule has 0 radical (unpaired) electrons. The average Bonchev–Trinajstić information content (AvgIpc) is 2.66. The molecule has 0 aliphatic rings. The number of hydrogen-bond donors (Lipinski definition) is 1. The highest BCUT2D eigenvalue weighted by Gasteiger charge is 2.38. The van der Waals surface area contributed by atoms with Gasteiger partial charge in [0, 0.05) is 5.69 Å². The van der Waals surface area contributed by atoms with Crippen LogP contribution < -0.4 is 10.9 Å². The molecule has 1 heterocycles. The molecule has 2 aromatic carbocycles. The van der Waals surface area contributed by atoms with Gasteiger partial charge in [-0.2, -0.15) is 13.2 Å². The second-order valence-corrected chi connectivity index (χ2v) is 7.29. The molecule has 8 heteroatoms. The molecule has 1 atom stereocenters. The number of benzene rings is 2. The lowest BCUT2D eigenvalue weighted by Gasteiger charge is -2.22. The molecule has 1 N–H and O–H groups in total. The Morgan fingerprint density at radius 1 is 1.10 bits per heavy atom. The first kappa shape index (κ1) is 21.5. The van der Waals surface area contributed by atoms with Crippen LogP contribution in [0, 0.1) is 20.8 Å². The van der Waals surface area contributed by atoms with E-state index in [1.165, 1.54) is 6.07 Å². The maximum Gasteiger partial charge on any atom is 0.438 e. The minimum absolute atomic E-state index is 0.0205. The van der Waals surface area contributed by atoms with Crippen LogP contribution in [0.15, 0.2) is 41.2 Å². The van der Waals surface area contributed by atoms with Gasteiger partial charge in [-0.1, -0.05) is 25.1 Å². The maximum atomic E-state index is 13.5. The molecule has 0 aliphatic heterocycles. The van der Waals surface area contributed by atoms with Gasteiger partial charge in [0.15, 0.2) is 0 Å². The Morgan fingerprint density at radius 2 is 1.73 bits per heavy atom. The summed E-state index contributed by atoms with van der Waals surface area (Å²) in [5.41, 5.74) is 0.225.